The number of rotatable bonds is 3. The van der Waals surface area contributed by atoms with Crippen molar-refractivity contribution in [2.45, 2.75) is 0 Å². The van der Waals surface area contributed by atoms with Crippen molar-refractivity contribution in [3.05, 3.63) is 46.3 Å². The maximum atomic E-state index is 10.9. The van der Waals surface area contributed by atoms with Crippen molar-refractivity contribution in [1.29, 1.82) is 0 Å². The number of hydrogen-bond donors (Lipinski definition) is 1. The monoisotopic (exact) mass is 284 g/mol. The van der Waals surface area contributed by atoms with Gasteiger partial charge in [-0.1, -0.05) is 23.2 Å². The van der Waals surface area contributed by atoms with Crippen molar-refractivity contribution in [3.8, 4) is 11.6 Å². The van der Waals surface area contributed by atoms with Gasteiger partial charge in [0.25, 0.3) is 5.88 Å². The predicted octanol–water partition coefficient (Wildman–Crippen LogP) is 3.27. The molecule has 0 aliphatic rings. The molecule has 0 aliphatic carbocycles. The number of carboxylic acid groups (broad SMARTS) is 1. The minimum Gasteiger partial charge on any atom is -0.478 e. The smallest absolute Gasteiger partial charge is 0.335 e. The SMILES string of the molecule is O=C(O)c1cc(Cl)cc(Oc2nccnc2Cl)c1. The van der Waals surface area contributed by atoms with Crippen LogP contribution >= 0.6 is 23.2 Å². The van der Waals surface area contributed by atoms with E-state index in [4.69, 9.17) is 33.0 Å². The number of carbonyl (C=O) groups is 1. The van der Waals surface area contributed by atoms with E-state index in [1.54, 1.807) is 0 Å². The normalized spacial score (nSPS) is 10.1. The fourth-order valence-corrected chi connectivity index (χ4v) is 1.60. The average Bonchev–Trinajstić information content (AvgIpc) is 2.31. The molecule has 0 atom stereocenters. The lowest BCUT2D eigenvalue weighted by atomic mass is 10.2. The highest BCUT2D eigenvalue weighted by molar-refractivity contribution is 6.31. The van der Waals surface area contributed by atoms with Crippen molar-refractivity contribution in [2.75, 3.05) is 0 Å². The first-order valence-corrected chi connectivity index (χ1v) is 5.50. The Morgan fingerprint density at radius 2 is 1.89 bits per heavy atom. The molecule has 0 bridgehead atoms. The van der Waals surface area contributed by atoms with Crippen LogP contribution in [0.1, 0.15) is 10.4 Å². The summed E-state index contributed by atoms with van der Waals surface area (Å²) in [6, 6.07) is 4.09. The molecule has 0 aliphatic heterocycles. The number of halogens is 2. The Morgan fingerprint density at radius 1 is 1.17 bits per heavy atom. The summed E-state index contributed by atoms with van der Waals surface area (Å²) in [4.78, 5) is 18.5. The van der Waals surface area contributed by atoms with E-state index in [0.717, 1.165) is 0 Å². The van der Waals surface area contributed by atoms with E-state index in [2.05, 4.69) is 9.97 Å². The first-order valence-electron chi connectivity index (χ1n) is 4.74. The number of ether oxygens (including phenoxy) is 1. The lowest BCUT2D eigenvalue weighted by molar-refractivity contribution is 0.0696. The van der Waals surface area contributed by atoms with Gasteiger partial charge in [0.15, 0.2) is 5.15 Å². The molecule has 1 aromatic carbocycles. The zero-order valence-corrected chi connectivity index (χ0v) is 10.3. The molecule has 7 heteroatoms. The molecule has 0 amide bonds. The van der Waals surface area contributed by atoms with Crippen molar-refractivity contribution < 1.29 is 14.6 Å². The number of benzene rings is 1. The van der Waals surface area contributed by atoms with E-state index in [0.29, 0.717) is 0 Å². The van der Waals surface area contributed by atoms with Crippen LogP contribution in [0.4, 0.5) is 0 Å². The highest BCUT2D eigenvalue weighted by atomic mass is 35.5. The van der Waals surface area contributed by atoms with Gasteiger partial charge in [-0.25, -0.2) is 14.8 Å². The average molecular weight is 285 g/mol. The van der Waals surface area contributed by atoms with E-state index in [1.165, 1.54) is 30.6 Å². The maximum absolute atomic E-state index is 10.9. The number of carboxylic acids is 1. The fourth-order valence-electron chi connectivity index (χ4n) is 1.23. The Labute approximate surface area is 112 Å². The van der Waals surface area contributed by atoms with Crippen LogP contribution in [0.3, 0.4) is 0 Å². The molecule has 0 spiro atoms. The van der Waals surface area contributed by atoms with Crippen molar-refractivity contribution in [1.82, 2.24) is 9.97 Å². The van der Waals surface area contributed by atoms with Gasteiger partial charge in [0, 0.05) is 17.4 Å². The van der Waals surface area contributed by atoms with Crippen LogP contribution in [0.25, 0.3) is 0 Å². The van der Waals surface area contributed by atoms with Crippen LogP contribution in [0.5, 0.6) is 11.6 Å². The van der Waals surface area contributed by atoms with Crippen LogP contribution < -0.4 is 4.74 Å². The Bertz CT molecular complexity index is 605. The Morgan fingerprint density at radius 3 is 2.56 bits per heavy atom. The van der Waals surface area contributed by atoms with E-state index in [9.17, 15) is 4.79 Å². The third kappa shape index (κ3) is 2.88. The van der Waals surface area contributed by atoms with Crippen LogP contribution in [-0.4, -0.2) is 21.0 Å². The minimum absolute atomic E-state index is 0.0116. The number of aromatic nitrogens is 2. The molecule has 0 saturated heterocycles. The number of hydrogen-bond acceptors (Lipinski definition) is 4. The second kappa shape index (κ2) is 5.20. The van der Waals surface area contributed by atoms with E-state index >= 15 is 0 Å². The molecule has 1 aromatic heterocycles. The maximum Gasteiger partial charge on any atom is 0.335 e. The van der Waals surface area contributed by atoms with Gasteiger partial charge in [-0.15, -0.1) is 0 Å². The second-order valence-electron chi connectivity index (χ2n) is 3.24. The quantitative estimate of drug-likeness (QED) is 0.936. The minimum atomic E-state index is -1.10. The number of aromatic carboxylic acids is 1. The summed E-state index contributed by atoms with van der Waals surface area (Å²) in [6.07, 6.45) is 2.82. The Hall–Kier alpha value is -1.85. The molecule has 1 N–H and O–H groups in total. The molecule has 0 fully saturated rings. The van der Waals surface area contributed by atoms with Crippen LogP contribution in [0.15, 0.2) is 30.6 Å². The summed E-state index contributed by atoms with van der Waals surface area (Å²) >= 11 is 11.6. The molecule has 5 nitrogen and oxygen atoms in total. The molecular formula is C11H6Cl2N2O3. The zero-order chi connectivity index (χ0) is 13.1. The van der Waals surface area contributed by atoms with Crippen LogP contribution in [-0.2, 0) is 0 Å². The molecule has 92 valence electrons. The summed E-state index contributed by atoms with van der Waals surface area (Å²) in [5.41, 5.74) is 0.0116. The molecule has 2 aromatic rings. The third-order valence-corrected chi connectivity index (χ3v) is 2.43. The van der Waals surface area contributed by atoms with Gasteiger partial charge in [0.05, 0.1) is 5.56 Å². The molecule has 0 unspecified atom stereocenters. The molecule has 0 radical (unpaired) electrons. The highest BCUT2D eigenvalue weighted by Gasteiger charge is 2.10. The molecular weight excluding hydrogens is 279 g/mol. The van der Waals surface area contributed by atoms with Crippen molar-refractivity contribution in [2.24, 2.45) is 0 Å². The highest BCUT2D eigenvalue weighted by Crippen LogP contribution is 2.28. The van der Waals surface area contributed by atoms with Gasteiger partial charge in [0.1, 0.15) is 5.75 Å². The lowest BCUT2D eigenvalue weighted by Gasteiger charge is -2.06. The lowest BCUT2D eigenvalue weighted by Crippen LogP contribution is -1.97. The molecule has 0 saturated carbocycles. The molecule has 1 heterocycles. The standard InChI is InChI=1S/C11H6Cl2N2O3/c12-7-3-6(11(16)17)4-8(5-7)18-10-9(13)14-1-2-15-10/h1-5H,(H,16,17). The number of nitrogens with zero attached hydrogens (tertiary/aromatic N) is 2. The second-order valence-corrected chi connectivity index (χ2v) is 4.03. The van der Waals surface area contributed by atoms with Gasteiger partial charge in [0.2, 0.25) is 0 Å². The van der Waals surface area contributed by atoms with Gasteiger partial charge in [-0.2, -0.15) is 0 Å². The van der Waals surface area contributed by atoms with Gasteiger partial charge >= 0.3 is 5.97 Å². The van der Waals surface area contributed by atoms with E-state index in [1.807, 2.05) is 0 Å². The van der Waals surface area contributed by atoms with Crippen LogP contribution in [0, 0.1) is 0 Å². The third-order valence-electron chi connectivity index (χ3n) is 1.96. The van der Waals surface area contributed by atoms with Gasteiger partial charge in [-0.05, 0) is 18.2 Å². The first-order chi connectivity index (χ1) is 8.56. The van der Waals surface area contributed by atoms with Gasteiger partial charge < -0.3 is 9.84 Å². The van der Waals surface area contributed by atoms with Crippen molar-refractivity contribution >= 4 is 29.2 Å². The summed E-state index contributed by atoms with van der Waals surface area (Å²) in [6.45, 7) is 0. The summed E-state index contributed by atoms with van der Waals surface area (Å²) in [5.74, 6) is -0.798. The topological polar surface area (TPSA) is 72.3 Å². The van der Waals surface area contributed by atoms with E-state index in [-0.39, 0.29) is 27.4 Å². The summed E-state index contributed by atoms with van der Waals surface area (Å²) in [7, 11) is 0. The first kappa shape index (κ1) is 12.6. The zero-order valence-electron chi connectivity index (χ0n) is 8.80. The van der Waals surface area contributed by atoms with E-state index < -0.39 is 5.97 Å². The Kier molecular flexibility index (Phi) is 3.64. The fraction of sp³-hybridized carbons (Fsp3) is 0. The summed E-state index contributed by atoms with van der Waals surface area (Å²) < 4.78 is 5.33. The van der Waals surface area contributed by atoms with Crippen molar-refractivity contribution in [3.63, 3.8) is 0 Å². The Balaban J connectivity index is 2.35. The molecule has 18 heavy (non-hydrogen) atoms. The van der Waals surface area contributed by atoms with Gasteiger partial charge in [-0.3, -0.25) is 0 Å². The molecule has 2 rings (SSSR count). The van der Waals surface area contributed by atoms with Crippen LogP contribution in [0.2, 0.25) is 10.2 Å². The largest absolute Gasteiger partial charge is 0.478 e. The summed E-state index contributed by atoms with van der Waals surface area (Å²) in [5, 5.41) is 9.20. The predicted molar refractivity (Wildman–Crippen MR) is 65.5 cm³/mol.